The summed E-state index contributed by atoms with van der Waals surface area (Å²) < 4.78 is 0. The minimum absolute atomic E-state index is 0.0625. The summed E-state index contributed by atoms with van der Waals surface area (Å²) in [5.74, 6) is 0.239. The van der Waals surface area contributed by atoms with Crippen molar-refractivity contribution in [2.45, 2.75) is 38.1 Å². The first-order chi connectivity index (χ1) is 7.79. The zero-order valence-electron chi connectivity index (χ0n) is 9.59. The standard InChI is InChI=1S/C12H17N3O/c1-15(10-6-3-2-4-7-10)12(16)11-13-8-5-9-14-11/h5,8-10H,2-4,6-7H2,1H3. The number of rotatable bonds is 2. The SMILES string of the molecule is CN(C(=O)c1ncccn1)C1CCCCC1. The number of hydrogen-bond donors (Lipinski definition) is 0. The average Bonchev–Trinajstić information content (AvgIpc) is 2.39. The number of hydrogen-bond acceptors (Lipinski definition) is 3. The van der Waals surface area contributed by atoms with E-state index in [1.54, 1.807) is 23.4 Å². The van der Waals surface area contributed by atoms with E-state index in [1.165, 1.54) is 19.3 Å². The van der Waals surface area contributed by atoms with E-state index >= 15 is 0 Å². The van der Waals surface area contributed by atoms with Gasteiger partial charge in [-0.05, 0) is 18.9 Å². The molecule has 1 saturated carbocycles. The largest absolute Gasteiger partial charge is 0.336 e. The molecule has 0 saturated heterocycles. The van der Waals surface area contributed by atoms with E-state index < -0.39 is 0 Å². The van der Waals surface area contributed by atoms with Crippen LogP contribution in [0.5, 0.6) is 0 Å². The summed E-state index contributed by atoms with van der Waals surface area (Å²) in [5.41, 5.74) is 0. The monoisotopic (exact) mass is 219 g/mol. The van der Waals surface area contributed by atoms with Crippen LogP contribution in [0.3, 0.4) is 0 Å². The van der Waals surface area contributed by atoms with Gasteiger partial charge in [0.2, 0.25) is 5.82 Å². The van der Waals surface area contributed by atoms with Gasteiger partial charge in [-0.2, -0.15) is 0 Å². The molecule has 16 heavy (non-hydrogen) atoms. The Kier molecular flexibility index (Phi) is 3.49. The molecule has 1 aromatic heterocycles. The van der Waals surface area contributed by atoms with Gasteiger partial charge in [0, 0.05) is 25.5 Å². The molecule has 86 valence electrons. The van der Waals surface area contributed by atoms with Crippen molar-refractivity contribution in [2.75, 3.05) is 7.05 Å². The summed E-state index contributed by atoms with van der Waals surface area (Å²) in [6.07, 6.45) is 9.16. The predicted molar refractivity (Wildman–Crippen MR) is 61.0 cm³/mol. The van der Waals surface area contributed by atoms with Crippen molar-refractivity contribution in [2.24, 2.45) is 0 Å². The maximum Gasteiger partial charge on any atom is 0.291 e. The van der Waals surface area contributed by atoms with Gasteiger partial charge in [0.1, 0.15) is 0 Å². The van der Waals surface area contributed by atoms with Crippen LogP contribution in [0, 0.1) is 0 Å². The van der Waals surface area contributed by atoms with Crippen LogP contribution in [0.15, 0.2) is 18.5 Å². The molecule has 0 bridgehead atoms. The Morgan fingerprint density at radius 2 is 1.88 bits per heavy atom. The Hall–Kier alpha value is -1.45. The molecule has 0 spiro atoms. The van der Waals surface area contributed by atoms with Crippen molar-refractivity contribution in [3.63, 3.8) is 0 Å². The van der Waals surface area contributed by atoms with Crippen LogP contribution in [-0.4, -0.2) is 33.9 Å². The van der Waals surface area contributed by atoms with Crippen LogP contribution in [0.1, 0.15) is 42.7 Å². The second-order valence-electron chi connectivity index (χ2n) is 4.28. The number of carbonyl (C=O) groups excluding carboxylic acids is 1. The lowest BCUT2D eigenvalue weighted by molar-refractivity contribution is 0.0683. The van der Waals surface area contributed by atoms with Crippen molar-refractivity contribution in [3.05, 3.63) is 24.3 Å². The fourth-order valence-electron chi connectivity index (χ4n) is 2.20. The quantitative estimate of drug-likeness (QED) is 0.763. The molecular weight excluding hydrogens is 202 g/mol. The predicted octanol–water partition coefficient (Wildman–Crippen LogP) is 1.88. The molecule has 4 nitrogen and oxygen atoms in total. The fourth-order valence-corrected chi connectivity index (χ4v) is 2.20. The van der Waals surface area contributed by atoms with E-state index in [-0.39, 0.29) is 5.91 Å². The number of carbonyl (C=O) groups is 1. The molecule has 1 aliphatic rings. The molecular formula is C12H17N3O. The number of aromatic nitrogens is 2. The Labute approximate surface area is 95.7 Å². The molecule has 0 unspecified atom stereocenters. The summed E-state index contributed by atoms with van der Waals surface area (Å²) >= 11 is 0. The normalized spacial score (nSPS) is 17.1. The minimum Gasteiger partial charge on any atom is -0.336 e. The molecule has 2 rings (SSSR count). The highest BCUT2D eigenvalue weighted by Gasteiger charge is 2.24. The highest BCUT2D eigenvalue weighted by molar-refractivity contribution is 5.90. The second-order valence-corrected chi connectivity index (χ2v) is 4.28. The van der Waals surface area contributed by atoms with E-state index in [9.17, 15) is 4.79 Å². The van der Waals surface area contributed by atoms with Gasteiger partial charge in [-0.1, -0.05) is 19.3 Å². The van der Waals surface area contributed by atoms with Crippen LogP contribution in [0.2, 0.25) is 0 Å². The van der Waals surface area contributed by atoms with Gasteiger partial charge in [-0.15, -0.1) is 0 Å². The van der Waals surface area contributed by atoms with Crippen molar-refractivity contribution in [1.82, 2.24) is 14.9 Å². The Morgan fingerprint density at radius 1 is 1.25 bits per heavy atom. The lowest BCUT2D eigenvalue weighted by Crippen LogP contribution is -2.39. The summed E-state index contributed by atoms with van der Waals surface area (Å²) in [6, 6.07) is 2.09. The first kappa shape index (κ1) is 11.0. The summed E-state index contributed by atoms with van der Waals surface area (Å²) in [5, 5.41) is 0. The highest BCUT2D eigenvalue weighted by Crippen LogP contribution is 2.22. The molecule has 0 aliphatic heterocycles. The molecule has 0 radical (unpaired) electrons. The van der Waals surface area contributed by atoms with Crippen molar-refractivity contribution in [1.29, 1.82) is 0 Å². The van der Waals surface area contributed by atoms with Crippen molar-refractivity contribution < 1.29 is 4.79 Å². The minimum atomic E-state index is -0.0625. The third-order valence-corrected chi connectivity index (χ3v) is 3.20. The zero-order valence-corrected chi connectivity index (χ0v) is 9.59. The topological polar surface area (TPSA) is 46.1 Å². The van der Waals surface area contributed by atoms with Crippen LogP contribution < -0.4 is 0 Å². The number of nitrogens with zero attached hydrogens (tertiary/aromatic N) is 3. The van der Waals surface area contributed by atoms with Gasteiger partial charge in [0.25, 0.3) is 5.91 Å². The fraction of sp³-hybridized carbons (Fsp3) is 0.583. The Morgan fingerprint density at radius 3 is 2.50 bits per heavy atom. The Bertz CT molecular complexity index is 347. The third-order valence-electron chi connectivity index (χ3n) is 3.20. The van der Waals surface area contributed by atoms with E-state index in [4.69, 9.17) is 0 Å². The lowest BCUT2D eigenvalue weighted by Gasteiger charge is -2.30. The molecule has 0 aromatic carbocycles. The van der Waals surface area contributed by atoms with Gasteiger partial charge in [0.15, 0.2) is 0 Å². The highest BCUT2D eigenvalue weighted by atomic mass is 16.2. The first-order valence-electron chi connectivity index (χ1n) is 5.83. The van der Waals surface area contributed by atoms with Crippen molar-refractivity contribution in [3.8, 4) is 0 Å². The summed E-state index contributed by atoms with van der Waals surface area (Å²) in [7, 11) is 1.86. The molecule has 0 N–H and O–H groups in total. The maximum absolute atomic E-state index is 12.0. The lowest BCUT2D eigenvalue weighted by atomic mass is 9.94. The maximum atomic E-state index is 12.0. The smallest absolute Gasteiger partial charge is 0.291 e. The van der Waals surface area contributed by atoms with Crippen LogP contribution >= 0.6 is 0 Å². The molecule has 4 heteroatoms. The van der Waals surface area contributed by atoms with Gasteiger partial charge in [-0.25, -0.2) is 9.97 Å². The first-order valence-corrected chi connectivity index (χ1v) is 5.83. The molecule has 1 heterocycles. The van der Waals surface area contributed by atoms with E-state index in [0.717, 1.165) is 12.8 Å². The molecule has 1 amide bonds. The van der Waals surface area contributed by atoms with Gasteiger partial charge in [-0.3, -0.25) is 4.79 Å². The number of amides is 1. The van der Waals surface area contributed by atoms with Crippen LogP contribution in [0.4, 0.5) is 0 Å². The molecule has 1 aromatic rings. The van der Waals surface area contributed by atoms with E-state index in [2.05, 4.69) is 9.97 Å². The van der Waals surface area contributed by atoms with E-state index in [0.29, 0.717) is 11.9 Å². The third kappa shape index (κ3) is 2.38. The van der Waals surface area contributed by atoms with Gasteiger partial charge >= 0.3 is 0 Å². The molecule has 1 fully saturated rings. The van der Waals surface area contributed by atoms with Gasteiger partial charge in [0.05, 0.1) is 0 Å². The summed E-state index contributed by atoms with van der Waals surface area (Å²) in [6.45, 7) is 0. The second kappa shape index (κ2) is 5.05. The van der Waals surface area contributed by atoms with Crippen LogP contribution in [-0.2, 0) is 0 Å². The summed E-state index contributed by atoms with van der Waals surface area (Å²) in [4.78, 5) is 21.8. The van der Waals surface area contributed by atoms with Crippen LogP contribution in [0.25, 0.3) is 0 Å². The van der Waals surface area contributed by atoms with Gasteiger partial charge < -0.3 is 4.90 Å². The Balaban J connectivity index is 2.04. The molecule has 0 atom stereocenters. The molecule has 1 aliphatic carbocycles. The zero-order chi connectivity index (χ0) is 11.4. The van der Waals surface area contributed by atoms with E-state index in [1.807, 2.05) is 7.05 Å². The van der Waals surface area contributed by atoms with Crippen molar-refractivity contribution >= 4 is 5.91 Å². The average molecular weight is 219 g/mol.